The molecule has 6 nitrogen and oxygen atoms in total. The molecule has 0 atom stereocenters. The number of pyridine rings is 1. The van der Waals surface area contributed by atoms with Gasteiger partial charge in [-0.1, -0.05) is 19.3 Å². The van der Waals surface area contributed by atoms with Crippen LogP contribution in [-0.2, 0) is 0 Å². The van der Waals surface area contributed by atoms with E-state index in [1.807, 2.05) is 0 Å². The van der Waals surface area contributed by atoms with Crippen molar-refractivity contribution in [2.24, 2.45) is 0 Å². The molecule has 0 radical (unpaired) electrons. The van der Waals surface area contributed by atoms with Crippen molar-refractivity contribution in [3.05, 3.63) is 26.3 Å². The summed E-state index contributed by atoms with van der Waals surface area (Å²) in [5.74, 6) is 0.694. The first-order valence-electron chi connectivity index (χ1n) is 7.23. The number of hydrogen-bond acceptors (Lipinski definition) is 5. The SMILES string of the molecule is Cc1c([N+](=O)[O-])cnc(N(CCO)C2CCCCC2)c1Br. The Morgan fingerprint density at radius 2 is 2.14 bits per heavy atom. The molecule has 1 aromatic heterocycles. The zero-order valence-electron chi connectivity index (χ0n) is 12.1. The zero-order chi connectivity index (χ0) is 15.4. The first kappa shape index (κ1) is 16.2. The van der Waals surface area contributed by atoms with Crippen LogP contribution in [0.4, 0.5) is 11.5 Å². The molecule has 1 aromatic rings. The average Bonchev–Trinajstić information content (AvgIpc) is 2.48. The summed E-state index contributed by atoms with van der Waals surface area (Å²) in [7, 11) is 0. The topological polar surface area (TPSA) is 79.5 Å². The maximum atomic E-state index is 11.0. The van der Waals surface area contributed by atoms with Gasteiger partial charge in [0.2, 0.25) is 0 Å². The van der Waals surface area contributed by atoms with Crippen molar-refractivity contribution in [2.45, 2.75) is 45.1 Å². The van der Waals surface area contributed by atoms with Crippen LogP contribution < -0.4 is 4.90 Å². The van der Waals surface area contributed by atoms with Crippen LogP contribution in [-0.4, -0.2) is 34.2 Å². The number of rotatable bonds is 5. The fraction of sp³-hybridized carbons (Fsp3) is 0.643. The van der Waals surface area contributed by atoms with Gasteiger partial charge in [0.25, 0.3) is 5.69 Å². The lowest BCUT2D eigenvalue weighted by Gasteiger charge is -2.35. The third kappa shape index (κ3) is 3.52. The molecule has 0 saturated heterocycles. The number of anilines is 1. The summed E-state index contributed by atoms with van der Waals surface area (Å²) in [5.41, 5.74) is 0.585. The summed E-state index contributed by atoms with van der Waals surface area (Å²) >= 11 is 3.45. The van der Waals surface area contributed by atoms with E-state index in [9.17, 15) is 15.2 Å². The Labute approximate surface area is 132 Å². The Morgan fingerprint density at radius 1 is 1.48 bits per heavy atom. The Morgan fingerprint density at radius 3 is 2.71 bits per heavy atom. The third-order valence-corrected chi connectivity index (χ3v) is 4.99. The monoisotopic (exact) mass is 357 g/mol. The highest BCUT2D eigenvalue weighted by Gasteiger charge is 2.26. The van der Waals surface area contributed by atoms with Gasteiger partial charge in [0.1, 0.15) is 12.0 Å². The second-order valence-corrected chi connectivity index (χ2v) is 6.16. The summed E-state index contributed by atoms with van der Waals surface area (Å²) in [5, 5.41) is 20.3. The summed E-state index contributed by atoms with van der Waals surface area (Å²) in [6.45, 7) is 2.25. The van der Waals surface area contributed by atoms with Gasteiger partial charge >= 0.3 is 0 Å². The van der Waals surface area contributed by atoms with Crippen LogP contribution in [0, 0.1) is 17.0 Å². The number of aliphatic hydroxyl groups excluding tert-OH is 1. The maximum absolute atomic E-state index is 11.0. The number of hydrogen-bond donors (Lipinski definition) is 1. The van der Waals surface area contributed by atoms with Gasteiger partial charge < -0.3 is 10.0 Å². The van der Waals surface area contributed by atoms with E-state index in [-0.39, 0.29) is 12.3 Å². The Balaban J connectivity index is 2.35. The lowest BCUT2D eigenvalue weighted by molar-refractivity contribution is -0.385. The van der Waals surface area contributed by atoms with Crippen molar-refractivity contribution in [2.75, 3.05) is 18.1 Å². The molecule has 0 aliphatic heterocycles. The molecule has 2 rings (SSSR count). The van der Waals surface area contributed by atoms with Crippen LogP contribution in [0.1, 0.15) is 37.7 Å². The highest BCUT2D eigenvalue weighted by Crippen LogP contribution is 2.35. The average molecular weight is 358 g/mol. The number of nitrogens with zero attached hydrogens (tertiary/aromatic N) is 3. The van der Waals surface area contributed by atoms with Crippen molar-refractivity contribution < 1.29 is 10.0 Å². The summed E-state index contributed by atoms with van der Waals surface area (Å²) in [6, 6.07) is 0.343. The highest BCUT2D eigenvalue weighted by atomic mass is 79.9. The van der Waals surface area contributed by atoms with Crippen LogP contribution in [0.15, 0.2) is 10.7 Å². The number of halogens is 1. The van der Waals surface area contributed by atoms with E-state index in [4.69, 9.17) is 0 Å². The van der Waals surface area contributed by atoms with Gasteiger partial charge in [0.15, 0.2) is 0 Å². The molecular formula is C14H20BrN3O3. The Bertz CT molecular complexity index is 518. The number of aliphatic hydroxyl groups is 1. The summed E-state index contributed by atoms with van der Waals surface area (Å²) in [4.78, 5) is 16.9. The molecule has 116 valence electrons. The highest BCUT2D eigenvalue weighted by molar-refractivity contribution is 9.10. The van der Waals surface area contributed by atoms with Gasteiger partial charge in [0, 0.05) is 18.2 Å². The fourth-order valence-electron chi connectivity index (χ4n) is 2.90. The van der Waals surface area contributed by atoms with E-state index in [1.165, 1.54) is 25.5 Å². The smallest absolute Gasteiger partial charge is 0.291 e. The minimum Gasteiger partial charge on any atom is -0.395 e. The predicted molar refractivity (Wildman–Crippen MR) is 84.6 cm³/mol. The molecule has 1 aliphatic carbocycles. The molecule has 0 bridgehead atoms. The van der Waals surface area contributed by atoms with Gasteiger partial charge in [0.05, 0.1) is 16.0 Å². The van der Waals surface area contributed by atoms with Crippen LogP contribution in [0.25, 0.3) is 0 Å². The zero-order valence-corrected chi connectivity index (χ0v) is 13.7. The molecule has 21 heavy (non-hydrogen) atoms. The van der Waals surface area contributed by atoms with Crippen molar-refractivity contribution in [1.29, 1.82) is 0 Å². The van der Waals surface area contributed by atoms with E-state index in [1.54, 1.807) is 6.92 Å². The van der Waals surface area contributed by atoms with Gasteiger partial charge in [-0.3, -0.25) is 10.1 Å². The number of aromatic nitrogens is 1. The minimum absolute atomic E-state index is 0.0122. The molecule has 1 heterocycles. The summed E-state index contributed by atoms with van der Waals surface area (Å²) < 4.78 is 0.649. The van der Waals surface area contributed by atoms with Crippen LogP contribution in [0.3, 0.4) is 0 Å². The lowest BCUT2D eigenvalue weighted by Crippen LogP contribution is -2.39. The lowest BCUT2D eigenvalue weighted by atomic mass is 9.94. The van der Waals surface area contributed by atoms with E-state index in [2.05, 4.69) is 25.8 Å². The molecule has 1 fully saturated rings. The van der Waals surface area contributed by atoms with Crippen LogP contribution in [0.5, 0.6) is 0 Å². The van der Waals surface area contributed by atoms with Crippen molar-refractivity contribution in [3.63, 3.8) is 0 Å². The fourth-order valence-corrected chi connectivity index (χ4v) is 3.44. The van der Waals surface area contributed by atoms with Crippen LogP contribution in [0.2, 0.25) is 0 Å². The van der Waals surface area contributed by atoms with Crippen molar-refractivity contribution >= 4 is 27.4 Å². The molecule has 0 amide bonds. The molecule has 0 spiro atoms. The Hall–Kier alpha value is -1.21. The van der Waals surface area contributed by atoms with E-state index < -0.39 is 4.92 Å². The quantitative estimate of drug-likeness (QED) is 0.646. The second-order valence-electron chi connectivity index (χ2n) is 5.37. The molecule has 0 aromatic carbocycles. The van der Waals surface area contributed by atoms with Gasteiger partial charge in [-0.25, -0.2) is 4.98 Å². The van der Waals surface area contributed by atoms with Crippen molar-refractivity contribution in [1.82, 2.24) is 4.98 Å². The normalized spacial score (nSPS) is 16.0. The number of nitro groups is 1. The molecule has 1 N–H and O–H groups in total. The molecule has 0 unspecified atom stereocenters. The first-order valence-corrected chi connectivity index (χ1v) is 8.02. The predicted octanol–water partition coefficient (Wildman–Crippen LogP) is 3.19. The maximum Gasteiger partial charge on any atom is 0.291 e. The second kappa shape index (κ2) is 7.17. The standard InChI is InChI=1S/C14H20BrN3O3/c1-10-12(18(20)21)9-16-14(13(10)15)17(7-8-19)11-5-3-2-4-6-11/h9,11,19H,2-8H2,1H3. The van der Waals surface area contributed by atoms with Crippen molar-refractivity contribution in [3.8, 4) is 0 Å². The van der Waals surface area contributed by atoms with E-state index in [0.29, 0.717) is 28.4 Å². The molecule has 1 aliphatic rings. The molecule has 1 saturated carbocycles. The molecular weight excluding hydrogens is 338 g/mol. The van der Waals surface area contributed by atoms with E-state index >= 15 is 0 Å². The van der Waals surface area contributed by atoms with Gasteiger partial charge in [-0.05, 0) is 35.7 Å². The largest absolute Gasteiger partial charge is 0.395 e. The van der Waals surface area contributed by atoms with Gasteiger partial charge in [-0.2, -0.15) is 0 Å². The van der Waals surface area contributed by atoms with E-state index in [0.717, 1.165) is 12.8 Å². The minimum atomic E-state index is -0.423. The first-order chi connectivity index (χ1) is 10.1. The van der Waals surface area contributed by atoms with Crippen LogP contribution >= 0.6 is 15.9 Å². The Kier molecular flexibility index (Phi) is 5.52. The van der Waals surface area contributed by atoms with Gasteiger partial charge in [-0.15, -0.1) is 0 Å². The summed E-state index contributed by atoms with van der Waals surface area (Å²) in [6.07, 6.45) is 7.06. The molecule has 7 heteroatoms. The third-order valence-electron chi connectivity index (χ3n) is 4.04.